The van der Waals surface area contributed by atoms with Crippen LogP contribution in [-0.4, -0.2) is 15.6 Å². The van der Waals surface area contributed by atoms with Crippen molar-refractivity contribution in [3.05, 3.63) is 0 Å². The molecule has 0 aromatic carbocycles. The summed E-state index contributed by atoms with van der Waals surface area (Å²) < 4.78 is -0.750. The van der Waals surface area contributed by atoms with Gasteiger partial charge in [0.15, 0.2) is 4.30 Å². The van der Waals surface area contributed by atoms with Crippen LogP contribution in [0.2, 0.25) is 0 Å². The Bertz CT molecular complexity index is 62.8. The molecule has 0 rings (SSSR count). The third kappa shape index (κ3) is 185. The largest absolute Gasteiger partial charge is 1.00 e. The zero-order valence-corrected chi connectivity index (χ0v) is 11.5. The average Bonchev–Trinajstić information content (AvgIpc) is 1.25. The molecular weight excluding hydrogens is 225 g/mol. The normalized spacial score (nSPS) is 6.20. The third-order valence-electron chi connectivity index (χ3n) is 0. The Morgan fingerprint density at radius 1 is 1.20 bits per heavy atom. The van der Waals surface area contributed by atoms with Gasteiger partial charge in [0.05, 0.1) is 0 Å². The number of alkyl halides is 3. The van der Waals surface area contributed by atoms with Crippen molar-refractivity contribution in [1.82, 2.24) is 0 Å². The van der Waals surface area contributed by atoms with Crippen LogP contribution in [0.4, 0.5) is 0 Å². The van der Waals surface area contributed by atoms with Crippen molar-refractivity contribution < 1.29 is 61.7 Å². The monoisotopic (exact) mass is 232 g/mol. The van der Waals surface area contributed by atoms with Crippen LogP contribution < -0.4 is 51.4 Å². The fourth-order valence-electron chi connectivity index (χ4n) is 0. The third-order valence-corrected chi connectivity index (χ3v) is 0. The molecule has 0 aliphatic rings. The van der Waals surface area contributed by atoms with Gasteiger partial charge in [-0.15, -0.1) is 0 Å². The summed E-state index contributed by atoms with van der Waals surface area (Å²) >= 11 is 14.4. The molecule has 0 saturated carbocycles. The maximum atomic E-state index is 9.44. The summed E-state index contributed by atoms with van der Waals surface area (Å²) in [6.07, 6.45) is 0. The molecule has 0 atom stereocenters. The number of carbonyl (C=O) groups is 1. The van der Waals surface area contributed by atoms with E-state index in [-0.39, 0.29) is 62.6 Å². The van der Waals surface area contributed by atoms with Gasteiger partial charge in [-0.3, -0.25) is 0 Å². The van der Waals surface area contributed by atoms with Crippen LogP contribution in [0.15, 0.2) is 0 Å². The van der Waals surface area contributed by atoms with Gasteiger partial charge in [-0.1, -0.05) is 34.8 Å². The molecule has 10 heavy (non-hydrogen) atoms. The Kier molecular flexibility index (Phi) is 39.3. The Balaban J connectivity index is -0.0000000300. The van der Waals surface area contributed by atoms with E-state index in [9.17, 15) is 4.79 Å². The fraction of sp³-hybridized carbons (Fsp3) is 0.750. The fourth-order valence-corrected chi connectivity index (χ4v) is 0. The minimum absolute atomic E-state index is 0. The maximum Gasteiger partial charge on any atom is 1.00 e. The molecule has 2 nitrogen and oxygen atoms in total. The molecule has 0 unspecified atom stereocenters. The van der Waals surface area contributed by atoms with Crippen LogP contribution in [0.5, 0.6) is 0 Å². The topological polar surface area (TPSA) is 47.1 Å². The Labute approximate surface area is 118 Å². The van der Waals surface area contributed by atoms with E-state index in [0.717, 1.165) is 0 Å². The van der Waals surface area contributed by atoms with Crippen LogP contribution in [0.25, 0.3) is 0 Å². The molecule has 0 spiro atoms. The van der Waals surface area contributed by atoms with Crippen molar-refractivity contribution in [2.75, 3.05) is 0 Å². The number of hydrogen-bond acceptors (Lipinski definition) is 2. The Hall–Kier alpha value is 2.14. The Morgan fingerprint density at radius 3 is 1.20 bits per heavy atom. The van der Waals surface area contributed by atoms with Crippen molar-refractivity contribution in [2.45, 2.75) is 18.1 Å². The van der Waals surface area contributed by atoms with Crippen LogP contribution >= 0.6 is 34.8 Å². The summed E-state index contributed by atoms with van der Waals surface area (Å²) in [6.45, 7) is 3.06. The van der Waals surface area contributed by atoms with E-state index in [1.807, 2.05) is 0 Å². The second-order valence-electron chi connectivity index (χ2n) is 1.16. The first-order valence-corrected chi connectivity index (χ1v) is 3.17. The predicted molar refractivity (Wildman–Crippen MR) is 39.6 cm³/mol. The zero-order valence-electron chi connectivity index (χ0n) is 6.07. The van der Waals surface area contributed by atoms with Gasteiger partial charge in [0.1, 0.15) is 5.78 Å². The van der Waals surface area contributed by atoms with E-state index in [1.165, 1.54) is 13.8 Å². The Morgan fingerprint density at radius 2 is 1.20 bits per heavy atom. The summed E-state index contributed by atoms with van der Waals surface area (Å²) in [4.78, 5) is 9.44. The van der Waals surface area contributed by atoms with Gasteiger partial charge < -0.3 is 10.3 Å². The molecule has 0 heterocycles. The number of hydrogen-bond donors (Lipinski definition) is 0. The van der Waals surface area contributed by atoms with Crippen molar-refractivity contribution in [3.63, 3.8) is 0 Å². The van der Waals surface area contributed by atoms with Gasteiger partial charge in [0.2, 0.25) is 0 Å². The molecule has 0 aliphatic heterocycles. The van der Waals surface area contributed by atoms with Gasteiger partial charge in [-0.05, 0) is 13.8 Å². The van der Waals surface area contributed by atoms with E-state index in [4.69, 9.17) is 34.8 Å². The number of carbonyl (C=O) groups excluding carboxylic acids is 1. The smallest absolute Gasteiger partial charge is 0.870 e. The first-order chi connectivity index (χ1) is 3.46. The number of rotatable bonds is 0. The van der Waals surface area contributed by atoms with Gasteiger partial charge in [0.25, 0.3) is 0 Å². The van der Waals surface area contributed by atoms with Crippen LogP contribution in [0.1, 0.15) is 13.8 Å². The number of ketones is 1. The SMILES string of the molecule is CC(C)=O.ClC(Cl)Cl.[K+].[OH-]. The van der Waals surface area contributed by atoms with E-state index in [0.29, 0.717) is 0 Å². The molecule has 58 valence electrons. The molecule has 0 saturated heterocycles. The van der Waals surface area contributed by atoms with Crippen molar-refractivity contribution in [3.8, 4) is 0 Å². The maximum absolute atomic E-state index is 9.44. The summed E-state index contributed by atoms with van der Waals surface area (Å²) in [7, 11) is 0. The molecule has 0 aromatic rings. The molecule has 0 fully saturated rings. The van der Waals surface area contributed by atoms with Gasteiger partial charge in [-0.2, -0.15) is 0 Å². The molecule has 0 aromatic heterocycles. The van der Waals surface area contributed by atoms with E-state index < -0.39 is 4.30 Å². The predicted octanol–water partition coefficient (Wildman–Crippen LogP) is -0.591. The number of halogens is 3. The molecule has 0 aliphatic carbocycles. The summed E-state index contributed by atoms with van der Waals surface area (Å²) in [5.41, 5.74) is 0. The summed E-state index contributed by atoms with van der Waals surface area (Å²) in [5.74, 6) is 0.167. The minimum Gasteiger partial charge on any atom is -0.870 e. The van der Waals surface area contributed by atoms with Gasteiger partial charge in [0, 0.05) is 0 Å². The average molecular weight is 234 g/mol. The quantitative estimate of drug-likeness (QED) is 0.415. The van der Waals surface area contributed by atoms with E-state index in [1.54, 1.807) is 0 Å². The standard InChI is InChI=1S/C3H6O.CHCl3.K.H2O/c1-3(2)4;2-1(3)4;;/h1-2H3;1H;;1H2/q;;+1;/p-1. The van der Waals surface area contributed by atoms with Crippen LogP contribution in [0, 0.1) is 0 Å². The second-order valence-corrected chi connectivity index (χ2v) is 3.14. The zero-order chi connectivity index (χ0) is 7.15. The molecule has 0 radical (unpaired) electrons. The van der Waals surface area contributed by atoms with Gasteiger partial charge >= 0.3 is 51.4 Å². The van der Waals surface area contributed by atoms with E-state index >= 15 is 0 Å². The molecular formula is C4H8Cl3KO2. The van der Waals surface area contributed by atoms with Crippen molar-refractivity contribution in [1.29, 1.82) is 0 Å². The number of Topliss-reactive ketones (excluding diaryl/α,β-unsaturated/α-hetero) is 1. The van der Waals surface area contributed by atoms with Crippen LogP contribution in [0.3, 0.4) is 0 Å². The first kappa shape index (κ1) is 22.7. The second kappa shape index (κ2) is 17.3. The molecule has 6 heteroatoms. The first-order valence-electron chi connectivity index (χ1n) is 1.86. The molecule has 1 N–H and O–H groups in total. The van der Waals surface area contributed by atoms with Crippen molar-refractivity contribution >= 4 is 40.6 Å². The van der Waals surface area contributed by atoms with Crippen molar-refractivity contribution in [2.24, 2.45) is 0 Å². The molecule has 0 bridgehead atoms. The van der Waals surface area contributed by atoms with Gasteiger partial charge in [-0.25, -0.2) is 0 Å². The van der Waals surface area contributed by atoms with Crippen LogP contribution in [-0.2, 0) is 4.79 Å². The summed E-state index contributed by atoms with van der Waals surface area (Å²) in [6, 6.07) is 0. The molecule has 0 amide bonds. The minimum atomic E-state index is -0.750. The van der Waals surface area contributed by atoms with E-state index in [2.05, 4.69) is 0 Å². The summed E-state index contributed by atoms with van der Waals surface area (Å²) in [5, 5.41) is 0.